The molecule has 0 aliphatic heterocycles. The number of halogens is 1. The molecule has 1 atom stereocenters. The van der Waals surface area contributed by atoms with E-state index in [0.717, 1.165) is 15.4 Å². The van der Waals surface area contributed by atoms with E-state index in [0.29, 0.717) is 17.0 Å². The van der Waals surface area contributed by atoms with Crippen LogP contribution in [0, 0.1) is 11.8 Å². The molecule has 1 unspecified atom stereocenters. The van der Waals surface area contributed by atoms with Gasteiger partial charge in [-0.25, -0.2) is 4.98 Å². The van der Waals surface area contributed by atoms with Gasteiger partial charge in [-0.15, -0.1) is 0 Å². The molecule has 0 aliphatic carbocycles. The Labute approximate surface area is 182 Å². The number of carbonyl (C=O) groups is 1. The summed E-state index contributed by atoms with van der Waals surface area (Å²) in [5, 5.41) is 11.8. The van der Waals surface area contributed by atoms with Crippen LogP contribution in [0.25, 0.3) is 10.9 Å². The maximum absolute atomic E-state index is 10.8. The fourth-order valence-electron chi connectivity index (χ4n) is 2.20. The molecule has 124 valence electrons. The predicted octanol–water partition coefficient (Wildman–Crippen LogP) is -0.0817. The van der Waals surface area contributed by atoms with Gasteiger partial charge in [0.15, 0.2) is 0 Å². The third kappa shape index (κ3) is 5.33. The van der Waals surface area contributed by atoms with Gasteiger partial charge in [-0.3, -0.25) is 0 Å². The molecule has 3 rings (SSSR count). The zero-order valence-corrected chi connectivity index (χ0v) is 17.9. The van der Waals surface area contributed by atoms with Crippen molar-refractivity contribution in [1.82, 2.24) is 4.98 Å². The van der Waals surface area contributed by atoms with Crippen molar-refractivity contribution >= 4 is 32.8 Å². The monoisotopic (exact) mass is 417 g/mol. The minimum Gasteiger partial charge on any atom is -0.546 e. The third-order valence-corrected chi connectivity index (χ3v) is 3.96. The van der Waals surface area contributed by atoms with Gasteiger partial charge in [-0.05, 0) is 49.2 Å². The standard InChI is InChI=1S/C20H14BrNO3.Na/c1-13(20(23)24)25-18-4-2-3-14(11-18)5-9-17-10-7-15-6-8-16(21)12-19(15)22-17;/h2-4,6-8,10-13H,1H3,(H,23,24);/q;+1/p-1. The Kier molecular flexibility index (Phi) is 7.24. The van der Waals surface area contributed by atoms with Gasteiger partial charge in [-0.1, -0.05) is 40.0 Å². The first kappa shape index (κ1) is 20.5. The number of carboxylic acid groups (broad SMARTS) is 1. The molecular formula is C20H13BrNNaO3. The normalized spacial score (nSPS) is 11.0. The van der Waals surface area contributed by atoms with Crippen LogP contribution in [0.15, 0.2) is 59.1 Å². The molecule has 2 aromatic carbocycles. The fraction of sp³-hybridized carbons (Fsp3) is 0.100. The summed E-state index contributed by atoms with van der Waals surface area (Å²) in [4.78, 5) is 15.3. The van der Waals surface area contributed by atoms with Crippen molar-refractivity contribution in [3.8, 4) is 17.6 Å². The molecule has 1 heterocycles. The number of nitrogens with zero attached hydrogens (tertiary/aromatic N) is 1. The van der Waals surface area contributed by atoms with Crippen LogP contribution < -0.4 is 39.4 Å². The van der Waals surface area contributed by atoms with Gasteiger partial charge in [0.2, 0.25) is 0 Å². The van der Waals surface area contributed by atoms with Crippen molar-refractivity contribution in [2.45, 2.75) is 13.0 Å². The molecular weight excluding hydrogens is 405 g/mol. The molecule has 0 N–H and O–H groups in total. The second-order valence-corrected chi connectivity index (χ2v) is 6.31. The molecule has 1 aromatic heterocycles. The summed E-state index contributed by atoms with van der Waals surface area (Å²) in [6.07, 6.45) is -1.02. The van der Waals surface area contributed by atoms with E-state index < -0.39 is 12.1 Å². The van der Waals surface area contributed by atoms with Crippen LogP contribution in [0.5, 0.6) is 5.75 Å². The van der Waals surface area contributed by atoms with Crippen LogP contribution >= 0.6 is 15.9 Å². The number of hydrogen-bond acceptors (Lipinski definition) is 4. The quantitative estimate of drug-likeness (QED) is 0.441. The number of rotatable bonds is 3. The van der Waals surface area contributed by atoms with E-state index in [1.807, 2.05) is 36.4 Å². The number of pyridine rings is 1. The van der Waals surface area contributed by atoms with Crippen LogP contribution in [0.4, 0.5) is 0 Å². The Hall–Kier alpha value is -1.84. The maximum atomic E-state index is 10.8. The average molecular weight is 418 g/mol. The van der Waals surface area contributed by atoms with Gasteiger partial charge in [0.1, 0.15) is 17.5 Å². The molecule has 6 heteroatoms. The van der Waals surface area contributed by atoms with Crippen LogP contribution in [0.2, 0.25) is 0 Å². The molecule has 0 fully saturated rings. The Morgan fingerprint density at radius 1 is 1.15 bits per heavy atom. The van der Waals surface area contributed by atoms with Crippen molar-refractivity contribution in [2.75, 3.05) is 0 Å². The molecule has 3 aromatic rings. The van der Waals surface area contributed by atoms with Crippen molar-refractivity contribution in [3.63, 3.8) is 0 Å². The number of aromatic nitrogens is 1. The van der Waals surface area contributed by atoms with Gasteiger partial charge in [0.25, 0.3) is 0 Å². The van der Waals surface area contributed by atoms with E-state index in [1.165, 1.54) is 6.92 Å². The topological polar surface area (TPSA) is 62.2 Å². The SMILES string of the molecule is CC(Oc1cccc(C#Cc2ccc3ccc(Br)cc3n2)c1)C(=O)[O-].[Na+]. The van der Waals surface area contributed by atoms with Crippen LogP contribution in [0.3, 0.4) is 0 Å². The zero-order chi connectivity index (χ0) is 17.8. The number of hydrogen-bond donors (Lipinski definition) is 0. The number of fused-ring (bicyclic) bond motifs is 1. The van der Waals surface area contributed by atoms with E-state index in [9.17, 15) is 9.90 Å². The number of aliphatic carboxylic acids is 1. The van der Waals surface area contributed by atoms with E-state index in [-0.39, 0.29) is 29.6 Å². The average Bonchev–Trinajstić information content (AvgIpc) is 2.59. The summed E-state index contributed by atoms with van der Waals surface area (Å²) in [5.41, 5.74) is 2.22. The first-order valence-electron chi connectivity index (χ1n) is 7.57. The molecule has 0 amide bonds. The van der Waals surface area contributed by atoms with E-state index >= 15 is 0 Å². The molecule has 0 radical (unpaired) electrons. The second kappa shape index (κ2) is 9.20. The van der Waals surface area contributed by atoms with Gasteiger partial charge < -0.3 is 14.6 Å². The summed E-state index contributed by atoms with van der Waals surface area (Å²) >= 11 is 3.43. The first-order valence-corrected chi connectivity index (χ1v) is 8.36. The number of ether oxygens (including phenoxy) is 1. The minimum absolute atomic E-state index is 0. The number of carbonyl (C=O) groups excluding carboxylic acids is 1. The van der Waals surface area contributed by atoms with Crippen LogP contribution in [0.1, 0.15) is 18.2 Å². The second-order valence-electron chi connectivity index (χ2n) is 5.39. The van der Waals surface area contributed by atoms with Gasteiger partial charge in [0.05, 0.1) is 11.5 Å². The molecule has 0 saturated carbocycles. The van der Waals surface area contributed by atoms with Crippen molar-refractivity contribution in [3.05, 3.63) is 70.3 Å². The molecule has 0 spiro atoms. The smallest absolute Gasteiger partial charge is 0.546 e. The molecule has 0 bridgehead atoms. The van der Waals surface area contributed by atoms with Crippen molar-refractivity contribution in [1.29, 1.82) is 0 Å². The van der Waals surface area contributed by atoms with Crippen LogP contribution in [-0.2, 0) is 4.79 Å². The largest absolute Gasteiger partial charge is 1.00 e. The van der Waals surface area contributed by atoms with Crippen molar-refractivity contribution < 1.29 is 44.2 Å². The summed E-state index contributed by atoms with van der Waals surface area (Å²) in [6, 6.07) is 16.7. The molecule has 4 nitrogen and oxygen atoms in total. The minimum atomic E-state index is -1.26. The van der Waals surface area contributed by atoms with E-state index in [4.69, 9.17) is 4.74 Å². The Morgan fingerprint density at radius 2 is 1.92 bits per heavy atom. The van der Waals surface area contributed by atoms with Crippen molar-refractivity contribution in [2.24, 2.45) is 0 Å². The maximum Gasteiger partial charge on any atom is 1.00 e. The van der Waals surface area contributed by atoms with Gasteiger partial charge in [-0.2, -0.15) is 0 Å². The fourth-order valence-corrected chi connectivity index (χ4v) is 2.54. The molecule has 0 saturated heterocycles. The van der Waals surface area contributed by atoms with Gasteiger partial charge >= 0.3 is 29.6 Å². The van der Waals surface area contributed by atoms with E-state index in [2.05, 4.69) is 32.8 Å². The van der Waals surface area contributed by atoms with Gasteiger partial charge in [0, 0.05) is 15.4 Å². The summed E-state index contributed by atoms with van der Waals surface area (Å²) in [7, 11) is 0. The Bertz CT molecular complexity index is 1010. The third-order valence-electron chi connectivity index (χ3n) is 3.47. The van der Waals surface area contributed by atoms with E-state index in [1.54, 1.807) is 18.2 Å². The zero-order valence-electron chi connectivity index (χ0n) is 14.3. The van der Waals surface area contributed by atoms with Crippen LogP contribution in [-0.4, -0.2) is 17.1 Å². The summed E-state index contributed by atoms with van der Waals surface area (Å²) in [5.74, 6) is 5.20. The summed E-state index contributed by atoms with van der Waals surface area (Å²) in [6.45, 7) is 1.42. The predicted molar refractivity (Wildman–Crippen MR) is 97.0 cm³/mol. The summed E-state index contributed by atoms with van der Waals surface area (Å²) < 4.78 is 6.25. The number of carboxylic acids is 1. The Morgan fingerprint density at radius 3 is 2.69 bits per heavy atom. The Balaban J connectivity index is 0.00000243. The first-order chi connectivity index (χ1) is 12.0. The molecule has 0 aliphatic rings. The number of benzene rings is 2. The molecule has 26 heavy (non-hydrogen) atoms.